The number of furan rings is 1. The number of nitrogens with one attached hydrogen (secondary N) is 1. The Labute approximate surface area is 151 Å². The van der Waals surface area contributed by atoms with Crippen LogP contribution in [0.5, 0.6) is 5.75 Å². The first kappa shape index (κ1) is 16.4. The van der Waals surface area contributed by atoms with Crippen LogP contribution >= 0.6 is 0 Å². The van der Waals surface area contributed by atoms with Crippen LogP contribution in [0.1, 0.15) is 40.1 Å². The van der Waals surface area contributed by atoms with E-state index in [1.807, 2.05) is 25.1 Å². The van der Waals surface area contributed by atoms with Gasteiger partial charge in [-0.3, -0.25) is 4.79 Å². The van der Waals surface area contributed by atoms with Gasteiger partial charge in [-0.1, -0.05) is 5.16 Å². The number of amides is 1. The molecule has 1 unspecified atom stereocenters. The highest BCUT2D eigenvalue weighted by Crippen LogP contribution is 2.33. The molecule has 4 rings (SSSR count). The number of hydrogen-bond donors (Lipinski definition) is 1. The minimum absolute atomic E-state index is 0.187. The molecule has 26 heavy (non-hydrogen) atoms. The number of aromatic nitrogens is 1. The van der Waals surface area contributed by atoms with Crippen LogP contribution in [0.25, 0.3) is 11.3 Å². The number of carbonyl (C=O) groups is 1. The zero-order valence-electron chi connectivity index (χ0n) is 15.0. The van der Waals surface area contributed by atoms with Crippen LogP contribution in [0.3, 0.4) is 0 Å². The molecule has 1 N–H and O–H groups in total. The maximum absolute atomic E-state index is 12.2. The molecule has 0 saturated carbocycles. The molecule has 6 heteroatoms. The number of aryl methyl sites for hydroxylation is 2. The number of rotatable bonds is 4. The Morgan fingerprint density at radius 3 is 2.88 bits per heavy atom. The van der Waals surface area contributed by atoms with Crippen LogP contribution in [-0.2, 0) is 13.0 Å². The van der Waals surface area contributed by atoms with Crippen LogP contribution in [-0.4, -0.2) is 17.2 Å². The van der Waals surface area contributed by atoms with E-state index in [0.29, 0.717) is 28.5 Å². The van der Waals surface area contributed by atoms with Crippen LogP contribution in [0, 0.1) is 13.8 Å². The highest BCUT2D eigenvalue weighted by atomic mass is 16.5. The SMILES string of the molecule is Cc1cc(C(=O)NCc2cc(-c3ccc4c(c3)CC(C)O4)on2)c(C)o1. The number of benzene rings is 1. The van der Waals surface area contributed by atoms with Gasteiger partial charge in [0.05, 0.1) is 12.1 Å². The minimum Gasteiger partial charge on any atom is -0.490 e. The van der Waals surface area contributed by atoms with Gasteiger partial charge >= 0.3 is 0 Å². The molecule has 0 spiro atoms. The van der Waals surface area contributed by atoms with Gasteiger partial charge in [-0.05, 0) is 50.6 Å². The van der Waals surface area contributed by atoms with E-state index in [9.17, 15) is 4.79 Å². The molecular formula is C20H20N2O4. The third-order valence-corrected chi connectivity index (χ3v) is 4.46. The topological polar surface area (TPSA) is 77.5 Å². The van der Waals surface area contributed by atoms with Crippen LogP contribution in [0.4, 0.5) is 0 Å². The van der Waals surface area contributed by atoms with Gasteiger partial charge in [-0.15, -0.1) is 0 Å². The fraction of sp³-hybridized carbons (Fsp3) is 0.300. The third-order valence-electron chi connectivity index (χ3n) is 4.46. The summed E-state index contributed by atoms with van der Waals surface area (Å²) in [6, 6.07) is 9.56. The van der Waals surface area contributed by atoms with Crippen molar-refractivity contribution in [3.63, 3.8) is 0 Å². The summed E-state index contributed by atoms with van der Waals surface area (Å²) in [5.74, 6) is 2.74. The zero-order chi connectivity index (χ0) is 18.3. The number of fused-ring (bicyclic) bond motifs is 1. The highest BCUT2D eigenvalue weighted by Gasteiger charge is 2.20. The monoisotopic (exact) mass is 352 g/mol. The summed E-state index contributed by atoms with van der Waals surface area (Å²) < 4.78 is 16.6. The van der Waals surface area contributed by atoms with Crippen LogP contribution < -0.4 is 10.1 Å². The van der Waals surface area contributed by atoms with Crippen molar-refractivity contribution in [1.29, 1.82) is 0 Å². The summed E-state index contributed by atoms with van der Waals surface area (Å²) in [4.78, 5) is 12.2. The van der Waals surface area contributed by atoms with Crippen molar-refractivity contribution < 1.29 is 18.5 Å². The average molecular weight is 352 g/mol. The van der Waals surface area contributed by atoms with Gasteiger partial charge in [0.2, 0.25) is 0 Å². The molecule has 6 nitrogen and oxygen atoms in total. The largest absolute Gasteiger partial charge is 0.490 e. The van der Waals surface area contributed by atoms with Gasteiger partial charge in [0.1, 0.15) is 29.1 Å². The molecule has 1 amide bonds. The van der Waals surface area contributed by atoms with Gasteiger partial charge in [0.25, 0.3) is 5.91 Å². The second-order valence-corrected chi connectivity index (χ2v) is 6.65. The van der Waals surface area contributed by atoms with Crippen molar-refractivity contribution in [2.24, 2.45) is 0 Å². The lowest BCUT2D eigenvalue weighted by molar-refractivity contribution is 0.0948. The molecule has 0 aliphatic carbocycles. The molecule has 3 aromatic rings. The van der Waals surface area contributed by atoms with E-state index in [1.54, 1.807) is 13.0 Å². The van der Waals surface area contributed by atoms with Gasteiger partial charge < -0.3 is 19.0 Å². The molecule has 1 aliphatic heterocycles. The van der Waals surface area contributed by atoms with Crippen molar-refractivity contribution in [3.05, 3.63) is 58.7 Å². The molecule has 0 bridgehead atoms. The molecular weight excluding hydrogens is 332 g/mol. The van der Waals surface area contributed by atoms with E-state index in [0.717, 1.165) is 17.7 Å². The first-order valence-electron chi connectivity index (χ1n) is 8.60. The Bertz CT molecular complexity index is 970. The predicted octanol–water partition coefficient (Wildman–Crippen LogP) is 3.80. The van der Waals surface area contributed by atoms with Gasteiger partial charge in [0.15, 0.2) is 5.76 Å². The standard InChI is InChI=1S/C20H20N2O4/c1-11-6-15-8-14(4-5-18(15)25-11)19-9-16(22-26-19)10-21-20(23)17-7-12(2)24-13(17)3/h4-5,7-9,11H,6,10H2,1-3H3,(H,21,23). The smallest absolute Gasteiger partial charge is 0.255 e. The first-order valence-corrected chi connectivity index (χ1v) is 8.60. The maximum atomic E-state index is 12.2. The Hall–Kier alpha value is -3.02. The molecule has 0 fully saturated rings. The van der Waals surface area contributed by atoms with Gasteiger partial charge in [-0.25, -0.2) is 0 Å². The summed E-state index contributed by atoms with van der Waals surface area (Å²) in [5, 5.41) is 6.89. The lowest BCUT2D eigenvalue weighted by Crippen LogP contribution is -2.23. The summed E-state index contributed by atoms with van der Waals surface area (Å²) in [6.07, 6.45) is 1.10. The molecule has 134 valence electrons. The van der Waals surface area contributed by atoms with E-state index < -0.39 is 0 Å². The number of hydrogen-bond acceptors (Lipinski definition) is 5. The molecule has 1 aliphatic rings. The Morgan fingerprint density at radius 2 is 2.12 bits per heavy atom. The number of carbonyl (C=O) groups excluding carboxylic acids is 1. The second kappa shape index (κ2) is 6.37. The lowest BCUT2D eigenvalue weighted by atomic mass is 10.1. The number of nitrogens with zero attached hydrogens (tertiary/aromatic N) is 1. The minimum atomic E-state index is -0.187. The van der Waals surface area contributed by atoms with Crippen LogP contribution in [0.15, 0.2) is 39.3 Å². The summed E-state index contributed by atoms with van der Waals surface area (Å²) in [6.45, 7) is 5.93. The molecule has 3 heterocycles. The van der Waals surface area contributed by atoms with Crippen molar-refractivity contribution in [3.8, 4) is 17.1 Å². The fourth-order valence-corrected chi connectivity index (χ4v) is 3.23. The normalized spacial score (nSPS) is 15.6. The van der Waals surface area contributed by atoms with E-state index in [1.165, 1.54) is 5.56 Å². The Balaban J connectivity index is 1.45. The van der Waals surface area contributed by atoms with Gasteiger partial charge in [0, 0.05) is 18.1 Å². The highest BCUT2D eigenvalue weighted by molar-refractivity contribution is 5.95. The molecule has 2 aromatic heterocycles. The zero-order valence-corrected chi connectivity index (χ0v) is 15.0. The first-order chi connectivity index (χ1) is 12.5. The maximum Gasteiger partial charge on any atom is 0.255 e. The van der Waals surface area contributed by atoms with Crippen molar-refractivity contribution in [2.75, 3.05) is 0 Å². The molecule has 0 saturated heterocycles. The van der Waals surface area contributed by atoms with Crippen molar-refractivity contribution in [1.82, 2.24) is 10.5 Å². The summed E-state index contributed by atoms with van der Waals surface area (Å²) >= 11 is 0. The lowest BCUT2D eigenvalue weighted by Gasteiger charge is -2.02. The van der Waals surface area contributed by atoms with Crippen LogP contribution in [0.2, 0.25) is 0 Å². The predicted molar refractivity (Wildman–Crippen MR) is 95.1 cm³/mol. The summed E-state index contributed by atoms with van der Waals surface area (Å²) in [7, 11) is 0. The van der Waals surface area contributed by atoms with E-state index in [-0.39, 0.29) is 18.6 Å². The second-order valence-electron chi connectivity index (χ2n) is 6.65. The quantitative estimate of drug-likeness (QED) is 0.773. The summed E-state index contributed by atoms with van der Waals surface area (Å²) in [5.41, 5.74) is 3.33. The van der Waals surface area contributed by atoms with Crippen molar-refractivity contribution >= 4 is 5.91 Å². The number of ether oxygens (including phenoxy) is 1. The fourth-order valence-electron chi connectivity index (χ4n) is 3.23. The van der Waals surface area contributed by atoms with Crippen molar-refractivity contribution in [2.45, 2.75) is 39.8 Å². The molecule has 1 aromatic carbocycles. The third kappa shape index (κ3) is 3.10. The van der Waals surface area contributed by atoms with E-state index in [4.69, 9.17) is 13.7 Å². The Morgan fingerprint density at radius 1 is 1.27 bits per heavy atom. The Kier molecular flexibility index (Phi) is 4.03. The molecule has 0 radical (unpaired) electrons. The van der Waals surface area contributed by atoms with E-state index >= 15 is 0 Å². The average Bonchev–Trinajstić information content (AvgIpc) is 3.29. The van der Waals surface area contributed by atoms with Gasteiger partial charge in [-0.2, -0.15) is 0 Å². The van der Waals surface area contributed by atoms with E-state index in [2.05, 4.69) is 23.5 Å². The molecule has 1 atom stereocenters.